The highest BCUT2D eigenvalue weighted by Crippen LogP contribution is 2.40. The molecule has 1 saturated heterocycles. The van der Waals surface area contributed by atoms with Gasteiger partial charge in [-0.05, 0) is 0 Å². The number of sulfonamides is 1. The Kier molecular flexibility index (Phi) is 6.42. The van der Waals surface area contributed by atoms with E-state index in [0.717, 1.165) is 22.5 Å². The lowest BCUT2D eigenvalue weighted by Crippen LogP contribution is -2.70. The largest absolute Gasteiger partial charge is 0.477 e. The lowest BCUT2D eigenvalue weighted by Gasteiger charge is -2.49. The molecule has 1 aromatic heterocycles. The van der Waals surface area contributed by atoms with E-state index >= 15 is 0 Å². The second kappa shape index (κ2) is 8.72. The van der Waals surface area contributed by atoms with Crippen molar-refractivity contribution in [2.75, 3.05) is 23.3 Å². The quantitative estimate of drug-likeness (QED) is 0.323. The van der Waals surface area contributed by atoms with Crippen molar-refractivity contribution in [2.45, 2.75) is 17.8 Å². The first-order valence-electron chi connectivity index (χ1n) is 8.50. The number of hydrogen-bond acceptors (Lipinski definition) is 10. The summed E-state index contributed by atoms with van der Waals surface area (Å²) < 4.78 is 29.3. The summed E-state index contributed by atoms with van der Waals surface area (Å²) in [5, 5.41) is 13.0. The van der Waals surface area contributed by atoms with Crippen LogP contribution < -0.4 is 15.8 Å². The molecule has 16 heteroatoms. The van der Waals surface area contributed by atoms with E-state index in [1.54, 1.807) is 0 Å². The summed E-state index contributed by atoms with van der Waals surface area (Å²) in [5.74, 6) is -2.34. The number of primary amides is 1. The maximum absolute atomic E-state index is 12.5. The number of aromatic nitrogens is 1. The molecule has 5 N–H and O–H groups in total. The van der Waals surface area contributed by atoms with Crippen LogP contribution in [0, 0.1) is 0 Å². The molecule has 3 heterocycles. The molecule has 0 saturated carbocycles. The van der Waals surface area contributed by atoms with Crippen molar-refractivity contribution in [2.24, 2.45) is 5.73 Å². The Morgan fingerprint density at radius 1 is 1.42 bits per heavy atom. The number of carboxylic acids is 1. The molecule has 1 unspecified atom stereocenters. The number of carbonyl (C=O) groups is 4. The van der Waals surface area contributed by atoms with Crippen molar-refractivity contribution in [3.63, 3.8) is 0 Å². The van der Waals surface area contributed by atoms with Crippen LogP contribution in [0.2, 0.25) is 0 Å². The third-order valence-corrected chi connectivity index (χ3v) is 6.96. The van der Waals surface area contributed by atoms with Gasteiger partial charge in [-0.3, -0.25) is 19.2 Å². The Balaban J connectivity index is 1.64. The predicted octanol–water partition coefficient (Wildman–Crippen LogP) is -1.11. The number of thiazole rings is 1. The van der Waals surface area contributed by atoms with Gasteiger partial charge >= 0.3 is 12.1 Å². The van der Waals surface area contributed by atoms with Gasteiger partial charge in [0.1, 0.15) is 23.7 Å². The maximum atomic E-state index is 12.5. The lowest BCUT2D eigenvalue weighted by atomic mass is 10.0. The zero-order chi connectivity index (χ0) is 22.9. The van der Waals surface area contributed by atoms with Crippen LogP contribution in [-0.4, -0.2) is 77.3 Å². The Hall–Kier alpha value is -2.85. The highest BCUT2D eigenvalue weighted by Gasteiger charge is 2.54. The minimum absolute atomic E-state index is 0.112. The average Bonchev–Trinajstić information content (AvgIpc) is 3.07. The molecule has 0 spiro atoms. The fourth-order valence-corrected chi connectivity index (χ4v) is 5.83. The molecular weight excluding hydrogens is 474 g/mol. The molecule has 3 rings (SSSR count). The van der Waals surface area contributed by atoms with Crippen LogP contribution in [0.25, 0.3) is 0 Å². The predicted molar refractivity (Wildman–Crippen MR) is 110 cm³/mol. The molecule has 1 fully saturated rings. The highest BCUT2D eigenvalue weighted by atomic mass is 32.2. The van der Waals surface area contributed by atoms with Crippen molar-refractivity contribution < 1.29 is 37.4 Å². The first-order chi connectivity index (χ1) is 14.5. The topological polar surface area (TPSA) is 198 Å². The zero-order valence-corrected chi connectivity index (χ0v) is 18.3. The summed E-state index contributed by atoms with van der Waals surface area (Å²) in [6.45, 7) is -0.356. The number of ether oxygens (including phenoxy) is 1. The van der Waals surface area contributed by atoms with E-state index in [2.05, 4.69) is 19.8 Å². The maximum Gasteiger partial charge on any atom is 0.404 e. The van der Waals surface area contributed by atoms with Crippen LogP contribution in [-0.2, 0) is 35.6 Å². The molecule has 2 aliphatic heterocycles. The minimum atomic E-state index is -3.49. The molecule has 2 atom stereocenters. The van der Waals surface area contributed by atoms with Crippen molar-refractivity contribution in [1.29, 1.82) is 0 Å². The molecule has 0 radical (unpaired) electrons. The van der Waals surface area contributed by atoms with E-state index < -0.39 is 45.3 Å². The van der Waals surface area contributed by atoms with Gasteiger partial charge in [0.2, 0.25) is 15.9 Å². The standard InChI is InChI=1S/C15H17N5O8S3/c1-31(26,27)19-15-17-7(5-30-15)2-8(21)18-9-11(22)20-10(13(23)24)6(3-28-14(16)25)4-29-12(9)20/h5,9,12H,2-4H2,1H3,(H2,16,25)(H,17,19)(H,18,21)(H,23,24)/t9?,12-/m1/s1. The van der Waals surface area contributed by atoms with Crippen LogP contribution in [0.3, 0.4) is 0 Å². The number of β-lactam (4-membered cyclic amide) rings is 1. The molecule has 2 aliphatic rings. The summed E-state index contributed by atoms with van der Waals surface area (Å²) in [5.41, 5.74) is 5.14. The summed E-state index contributed by atoms with van der Waals surface area (Å²) in [7, 11) is -3.49. The first kappa shape index (κ1) is 22.8. The number of nitrogens with two attached hydrogens (primary N) is 1. The number of hydrogen-bond donors (Lipinski definition) is 4. The van der Waals surface area contributed by atoms with E-state index in [9.17, 15) is 32.7 Å². The van der Waals surface area contributed by atoms with Crippen LogP contribution in [0.4, 0.5) is 9.93 Å². The average molecular weight is 492 g/mol. The van der Waals surface area contributed by atoms with Crippen molar-refractivity contribution >= 4 is 62.1 Å². The van der Waals surface area contributed by atoms with Gasteiger partial charge in [0.15, 0.2) is 5.13 Å². The number of amides is 3. The Labute approximate surface area is 184 Å². The van der Waals surface area contributed by atoms with E-state index in [4.69, 9.17) is 5.73 Å². The fraction of sp³-hybridized carbons (Fsp3) is 0.400. The van der Waals surface area contributed by atoms with Gasteiger partial charge < -0.3 is 20.9 Å². The molecule has 0 bridgehead atoms. The summed E-state index contributed by atoms with van der Waals surface area (Å²) >= 11 is 2.22. The Morgan fingerprint density at radius 2 is 2.13 bits per heavy atom. The van der Waals surface area contributed by atoms with Gasteiger partial charge in [-0.25, -0.2) is 23.0 Å². The monoisotopic (exact) mass is 491 g/mol. The van der Waals surface area contributed by atoms with Crippen LogP contribution >= 0.6 is 23.1 Å². The van der Waals surface area contributed by atoms with E-state index in [0.29, 0.717) is 5.69 Å². The highest BCUT2D eigenvalue weighted by molar-refractivity contribution is 8.00. The summed E-state index contributed by atoms with van der Waals surface area (Å²) in [4.78, 5) is 52.3. The number of anilines is 1. The van der Waals surface area contributed by atoms with Gasteiger partial charge in [-0.15, -0.1) is 23.1 Å². The summed E-state index contributed by atoms with van der Waals surface area (Å²) in [6.07, 6.45) is -0.286. The number of carboxylic acid groups (broad SMARTS) is 1. The molecule has 13 nitrogen and oxygen atoms in total. The SMILES string of the molecule is CS(=O)(=O)Nc1nc(CC(=O)NC2C(=O)N3C(C(=O)O)=C(COC(N)=O)CS[C@H]23)cs1. The van der Waals surface area contributed by atoms with Gasteiger partial charge in [-0.1, -0.05) is 0 Å². The molecule has 1 aromatic rings. The second-order valence-corrected chi connectivity index (χ2v) is 10.2. The third kappa shape index (κ3) is 5.26. The molecule has 168 valence electrons. The van der Waals surface area contributed by atoms with Gasteiger partial charge in [0.25, 0.3) is 5.91 Å². The fourth-order valence-electron chi connectivity index (χ4n) is 2.94. The summed E-state index contributed by atoms with van der Waals surface area (Å²) in [6, 6.07) is -0.933. The number of nitrogens with zero attached hydrogens (tertiary/aromatic N) is 2. The molecule has 0 aliphatic carbocycles. The van der Waals surface area contributed by atoms with Gasteiger partial charge in [-0.2, -0.15) is 0 Å². The number of aliphatic carboxylic acids is 1. The molecular formula is C15H17N5O8S3. The van der Waals surface area contributed by atoms with Crippen LogP contribution in [0.5, 0.6) is 0 Å². The lowest BCUT2D eigenvalue weighted by molar-refractivity contribution is -0.150. The van der Waals surface area contributed by atoms with E-state index in [1.807, 2.05) is 0 Å². The van der Waals surface area contributed by atoms with Gasteiger partial charge in [0, 0.05) is 16.7 Å². The smallest absolute Gasteiger partial charge is 0.404 e. The zero-order valence-electron chi connectivity index (χ0n) is 15.9. The number of fused-ring (bicyclic) bond motifs is 1. The van der Waals surface area contributed by atoms with Crippen molar-refractivity contribution in [1.82, 2.24) is 15.2 Å². The Morgan fingerprint density at radius 3 is 2.74 bits per heavy atom. The normalized spacial score (nSPS) is 20.5. The second-order valence-electron chi connectivity index (χ2n) is 6.52. The first-order valence-corrected chi connectivity index (χ1v) is 12.3. The molecule has 0 aromatic carbocycles. The van der Waals surface area contributed by atoms with E-state index in [-0.39, 0.29) is 35.2 Å². The van der Waals surface area contributed by atoms with Crippen LogP contribution in [0.1, 0.15) is 5.69 Å². The van der Waals surface area contributed by atoms with E-state index in [1.165, 1.54) is 17.1 Å². The third-order valence-electron chi connectivity index (χ3n) is 4.12. The van der Waals surface area contributed by atoms with Crippen molar-refractivity contribution in [3.8, 4) is 0 Å². The number of thioether (sulfide) groups is 1. The molecule has 31 heavy (non-hydrogen) atoms. The molecule has 3 amide bonds. The number of nitrogens with one attached hydrogen (secondary N) is 2. The van der Waals surface area contributed by atoms with Crippen LogP contribution in [0.15, 0.2) is 16.7 Å². The number of carbonyl (C=O) groups excluding carboxylic acids is 3. The number of rotatable bonds is 8. The van der Waals surface area contributed by atoms with Crippen molar-refractivity contribution in [3.05, 3.63) is 22.3 Å². The minimum Gasteiger partial charge on any atom is -0.477 e. The Bertz CT molecular complexity index is 1080. The van der Waals surface area contributed by atoms with Gasteiger partial charge in [0.05, 0.1) is 18.4 Å².